The van der Waals surface area contributed by atoms with Gasteiger partial charge in [-0.25, -0.2) is 0 Å². The first-order chi connectivity index (χ1) is 25.1. The van der Waals surface area contributed by atoms with Gasteiger partial charge < -0.3 is 0 Å². The number of para-hydroxylation sites is 1. The molecule has 1 aliphatic carbocycles. The maximum Gasteiger partial charge on any atom is 0.0718 e. The van der Waals surface area contributed by atoms with E-state index < -0.39 is 0 Å². The van der Waals surface area contributed by atoms with Crippen molar-refractivity contribution in [2.75, 3.05) is 0 Å². The molecule has 240 valence electrons. The van der Waals surface area contributed by atoms with E-state index in [2.05, 4.69) is 164 Å². The molecule has 9 aromatic rings. The standard InChI is InChI=1S/C49H34N2/c1-49(2)42-22-13-21-36(34-24-25-45(50-29-34)35-26-33-18-9-12-23-44(33)51-30-35)48(42)41-27-39-40(28-43(41)49)47(32-16-7-4-8-17-32)38-20-11-10-19-37(38)46(39)31-14-5-3-6-15-31/h3-30H,1-2H3. The summed E-state index contributed by atoms with van der Waals surface area (Å²) in [6, 6.07) is 57.2. The van der Waals surface area contributed by atoms with Crippen LogP contribution in [0.5, 0.6) is 0 Å². The largest absolute Gasteiger partial charge is 0.256 e. The number of hydrogen-bond acceptors (Lipinski definition) is 2. The van der Waals surface area contributed by atoms with Gasteiger partial charge in [-0.1, -0.05) is 141 Å². The first-order valence-electron chi connectivity index (χ1n) is 17.7. The Kier molecular flexibility index (Phi) is 6.56. The number of rotatable bonds is 4. The fourth-order valence-corrected chi connectivity index (χ4v) is 8.46. The van der Waals surface area contributed by atoms with Crippen LogP contribution in [0.25, 0.3) is 88.2 Å². The van der Waals surface area contributed by atoms with Gasteiger partial charge in [-0.3, -0.25) is 9.97 Å². The van der Waals surface area contributed by atoms with Gasteiger partial charge in [0.05, 0.1) is 11.2 Å². The minimum atomic E-state index is -0.189. The molecule has 0 spiro atoms. The molecule has 0 aliphatic heterocycles. The summed E-state index contributed by atoms with van der Waals surface area (Å²) in [4.78, 5) is 9.68. The van der Waals surface area contributed by atoms with E-state index in [1.807, 2.05) is 24.5 Å². The van der Waals surface area contributed by atoms with E-state index in [9.17, 15) is 0 Å². The molecule has 0 radical (unpaired) electrons. The molecule has 0 amide bonds. The van der Waals surface area contributed by atoms with Crippen molar-refractivity contribution in [1.29, 1.82) is 0 Å². The Hall–Kier alpha value is -6.38. The second kappa shape index (κ2) is 11.3. The average molecular weight is 651 g/mol. The first-order valence-corrected chi connectivity index (χ1v) is 17.7. The Morgan fingerprint density at radius 2 is 1.02 bits per heavy atom. The SMILES string of the molecule is CC1(C)c2cc3c(-c4ccccc4)c4ccccc4c(-c4ccccc4)c3cc2-c2c(-c3ccc(-c4cnc5ccccc5c4)nc3)cccc21. The molecule has 0 saturated heterocycles. The first kappa shape index (κ1) is 29.5. The Balaban J connectivity index is 1.22. The number of fused-ring (bicyclic) bond motifs is 6. The lowest BCUT2D eigenvalue weighted by Crippen LogP contribution is -2.15. The number of aromatic nitrogens is 2. The van der Waals surface area contributed by atoms with Gasteiger partial charge in [0.1, 0.15) is 0 Å². The molecular weight excluding hydrogens is 617 g/mol. The molecule has 0 N–H and O–H groups in total. The van der Waals surface area contributed by atoms with Crippen LogP contribution < -0.4 is 0 Å². The summed E-state index contributed by atoms with van der Waals surface area (Å²) < 4.78 is 0. The van der Waals surface area contributed by atoms with Crippen molar-refractivity contribution < 1.29 is 0 Å². The Morgan fingerprint density at radius 3 is 1.71 bits per heavy atom. The molecule has 0 fully saturated rings. The second-order valence-corrected chi connectivity index (χ2v) is 14.2. The maximum absolute atomic E-state index is 4.99. The fraction of sp³-hybridized carbons (Fsp3) is 0.0612. The van der Waals surface area contributed by atoms with E-state index in [-0.39, 0.29) is 5.41 Å². The van der Waals surface area contributed by atoms with Crippen LogP contribution in [-0.4, -0.2) is 9.97 Å². The third-order valence-corrected chi connectivity index (χ3v) is 10.9. The van der Waals surface area contributed by atoms with Gasteiger partial charge in [0.25, 0.3) is 0 Å². The molecule has 1 aliphatic rings. The fourth-order valence-electron chi connectivity index (χ4n) is 8.46. The van der Waals surface area contributed by atoms with Gasteiger partial charge in [-0.2, -0.15) is 0 Å². The minimum Gasteiger partial charge on any atom is -0.256 e. The highest BCUT2D eigenvalue weighted by atomic mass is 14.7. The van der Waals surface area contributed by atoms with Gasteiger partial charge in [-0.05, 0) is 102 Å². The maximum atomic E-state index is 4.99. The Bertz CT molecular complexity index is 2800. The summed E-state index contributed by atoms with van der Waals surface area (Å²) in [5, 5.41) is 6.22. The lowest BCUT2D eigenvalue weighted by Gasteiger charge is -2.24. The Labute approximate surface area is 297 Å². The summed E-state index contributed by atoms with van der Waals surface area (Å²) in [5.41, 5.74) is 15.4. The zero-order chi connectivity index (χ0) is 34.1. The highest BCUT2D eigenvalue weighted by Gasteiger charge is 2.38. The molecule has 2 aromatic heterocycles. The van der Waals surface area contributed by atoms with E-state index in [0.29, 0.717) is 0 Å². The zero-order valence-corrected chi connectivity index (χ0v) is 28.6. The van der Waals surface area contributed by atoms with Crippen molar-refractivity contribution in [2.24, 2.45) is 0 Å². The van der Waals surface area contributed by atoms with Crippen LogP contribution in [-0.2, 0) is 5.41 Å². The summed E-state index contributed by atoms with van der Waals surface area (Å²) in [5.74, 6) is 0. The molecule has 10 rings (SSSR count). The molecular formula is C49H34N2. The van der Waals surface area contributed by atoms with Gasteiger partial charge in [0.2, 0.25) is 0 Å². The van der Waals surface area contributed by atoms with E-state index in [1.165, 1.54) is 71.6 Å². The van der Waals surface area contributed by atoms with E-state index >= 15 is 0 Å². The predicted molar refractivity (Wildman–Crippen MR) is 214 cm³/mol. The highest BCUT2D eigenvalue weighted by molar-refractivity contribution is 6.22. The quantitative estimate of drug-likeness (QED) is 0.177. The topological polar surface area (TPSA) is 25.8 Å². The molecule has 2 heterocycles. The molecule has 51 heavy (non-hydrogen) atoms. The number of nitrogens with zero attached hydrogens (tertiary/aromatic N) is 2. The molecule has 0 bridgehead atoms. The molecule has 2 heteroatoms. The molecule has 0 saturated carbocycles. The normalized spacial score (nSPS) is 13.1. The molecule has 0 unspecified atom stereocenters. The van der Waals surface area contributed by atoms with Crippen LogP contribution in [0.1, 0.15) is 25.0 Å². The van der Waals surface area contributed by atoms with Crippen molar-refractivity contribution >= 4 is 32.4 Å². The van der Waals surface area contributed by atoms with Gasteiger partial charge >= 0.3 is 0 Å². The summed E-state index contributed by atoms with van der Waals surface area (Å²) in [6.45, 7) is 4.76. The summed E-state index contributed by atoms with van der Waals surface area (Å²) in [7, 11) is 0. The van der Waals surface area contributed by atoms with Crippen LogP contribution in [0.4, 0.5) is 0 Å². The van der Waals surface area contributed by atoms with Crippen molar-refractivity contribution in [2.45, 2.75) is 19.3 Å². The minimum absolute atomic E-state index is 0.189. The van der Waals surface area contributed by atoms with Crippen molar-refractivity contribution in [3.63, 3.8) is 0 Å². The number of benzene rings is 7. The third-order valence-electron chi connectivity index (χ3n) is 10.9. The van der Waals surface area contributed by atoms with Crippen LogP contribution >= 0.6 is 0 Å². The molecule has 0 atom stereocenters. The monoisotopic (exact) mass is 650 g/mol. The third kappa shape index (κ3) is 4.57. The molecule has 7 aromatic carbocycles. The van der Waals surface area contributed by atoms with E-state index in [0.717, 1.165) is 27.7 Å². The van der Waals surface area contributed by atoms with E-state index in [1.54, 1.807) is 0 Å². The predicted octanol–water partition coefficient (Wildman–Crippen LogP) is 12.9. The smallest absolute Gasteiger partial charge is 0.0718 e. The van der Waals surface area contributed by atoms with Gasteiger partial charge in [-0.15, -0.1) is 0 Å². The van der Waals surface area contributed by atoms with Gasteiger partial charge in [0.15, 0.2) is 0 Å². The van der Waals surface area contributed by atoms with Crippen LogP contribution in [0.2, 0.25) is 0 Å². The summed E-state index contributed by atoms with van der Waals surface area (Å²) >= 11 is 0. The van der Waals surface area contributed by atoms with Crippen LogP contribution in [0.15, 0.2) is 170 Å². The van der Waals surface area contributed by atoms with Crippen LogP contribution in [0, 0.1) is 0 Å². The van der Waals surface area contributed by atoms with Crippen molar-refractivity contribution in [1.82, 2.24) is 9.97 Å². The number of hydrogen-bond donors (Lipinski definition) is 0. The van der Waals surface area contributed by atoms with Gasteiger partial charge in [0, 0.05) is 34.3 Å². The number of pyridine rings is 2. The van der Waals surface area contributed by atoms with E-state index in [4.69, 9.17) is 4.98 Å². The van der Waals surface area contributed by atoms with Crippen LogP contribution in [0.3, 0.4) is 0 Å². The lowest BCUT2D eigenvalue weighted by molar-refractivity contribution is 0.661. The highest BCUT2D eigenvalue weighted by Crippen LogP contribution is 2.55. The summed E-state index contributed by atoms with van der Waals surface area (Å²) in [6.07, 6.45) is 3.95. The zero-order valence-electron chi connectivity index (χ0n) is 28.6. The average Bonchev–Trinajstić information content (AvgIpc) is 3.41. The van der Waals surface area contributed by atoms with Crippen molar-refractivity contribution in [3.05, 3.63) is 181 Å². The molecule has 2 nitrogen and oxygen atoms in total. The lowest BCUT2D eigenvalue weighted by atomic mass is 9.79. The second-order valence-electron chi connectivity index (χ2n) is 14.2. The Morgan fingerprint density at radius 1 is 0.392 bits per heavy atom. The van der Waals surface area contributed by atoms with Crippen molar-refractivity contribution in [3.8, 4) is 55.8 Å².